The van der Waals surface area contributed by atoms with Crippen LogP contribution in [0, 0.1) is 17.6 Å². The van der Waals surface area contributed by atoms with Gasteiger partial charge in [-0.15, -0.1) is 0 Å². The van der Waals surface area contributed by atoms with Crippen molar-refractivity contribution in [2.45, 2.75) is 58.3 Å². The highest BCUT2D eigenvalue weighted by Gasteiger charge is 2.42. The van der Waals surface area contributed by atoms with Crippen molar-refractivity contribution in [1.82, 2.24) is 19.2 Å². The molecule has 3 heterocycles. The lowest BCUT2D eigenvalue weighted by Gasteiger charge is -2.28. The average molecular weight is 376 g/mol. The smallest absolute Gasteiger partial charge is 0.330 e. The second-order valence-corrected chi connectivity index (χ2v) is 7.81. The molecule has 0 unspecified atom stereocenters. The zero-order chi connectivity index (χ0) is 19.3. The molecule has 2 atom stereocenters. The van der Waals surface area contributed by atoms with Gasteiger partial charge in [-0.25, -0.2) is 18.3 Å². The predicted molar refractivity (Wildman–Crippen MR) is 94.4 cm³/mol. The Morgan fingerprint density at radius 2 is 2.00 bits per heavy atom. The number of carbonyl (C=O) groups is 1. The van der Waals surface area contributed by atoms with Gasteiger partial charge in [0, 0.05) is 25.6 Å². The Morgan fingerprint density at radius 1 is 1.26 bits per heavy atom. The van der Waals surface area contributed by atoms with Crippen molar-refractivity contribution in [1.29, 1.82) is 0 Å². The van der Waals surface area contributed by atoms with Crippen LogP contribution in [0.25, 0.3) is 0 Å². The Kier molecular flexibility index (Phi) is 4.36. The maximum Gasteiger partial charge on any atom is 0.345 e. The van der Waals surface area contributed by atoms with Crippen molar-refractivity contribution in [3.63, 3.8) is 0 Å². The van der Waals surface area contributed by atoms with Crippen LogP contribution in [0.5, 0.6) is 0 Å². The summed E-state index contributed by atoms with van der Waals surface area (Å²) in [6.07, 6.45) is 1.94. The number of hydrogen-bond donors (Lipinski definition) is 0. The van der Waals surface area contributed by atoms with Gasteiger partial charge < -0.3 is 4.90 Å². The van der Waals surface area contributed by atoms with Gasteiger partial charge in [-0.3, -0.25) is 9.36 Å². The molecule has 2 aliphatic rings. The first kappa shape index (κ1) is 17.9. The van der Waals surface area contributed by atoms with Gasteiger partial charge in [0.05, 0.1) is 11.6 Å². The lowest BCUT2D eigenvalue weighted by Crippen LogP contribution is -2.43. The number of halogens is 2. The van der Waals surface area contributed by atoms with Crippen LogP contribution in [0.3, 0.4) is 0 Å². The van der Waals surface area contributed by atoms with Gasteiger partial charge in [0.1, 0.15) is 17.5 Å². The molecule has 2 aliphatic heterocycles. The molecule has 0 aliphatic carbocycles. The maximum atomic E-state index is 14.1. The van der Waals surface area contributed by atoms with E-state index in [2.05, 4.69) is 5.10 Å². The topological polar surface area (TPSA) is 60.1 Å². The predicted octanol–water partition coefficient (Wildman–Crippen LogP) is 2.21. The van der Waals surface area contributed by atoms with Crippen LogP contribution in [0.4, 0.5) is 8.78 Å². The molecule has 1 saturated heterocycles. The number of fused-ring (bicyclic) bond motifs is 3. The molecule has 1 aromatic carbocycles. The normalized spacial score (nSPS) is 21.4. The van der Waals surface area contributed by atoms with Crippen LogP contribution in [0.2, 0.25) is 0 Å². The molecular weight excluding hydrogens is 354 g/mol. The van der Waals surface area contributed by atoms with E-state index in [1.807, 2.05) is 13.8 Å². The molecule has 27 heavy (non-hydrogen) atoms. The van der Waals surface area contributed by atoms with Crippen molar-refractivity contribution in [3.05, 3.63) is 51.7 Å². The largest absolute Gasteiger partial charge is 0.345 e. The molecule has 0 N–H and O–H groups in total. The summed E-state index contributed by atoms with van der Waals surface area (Å²) in [5.74, 6) is -0.945. The highest BCUT2D eigenvalue weighted by Crippen LogP contribution is 2.32. The number of amides is 1. The highest BCUT2D eigenvalue weighted by molar-refractivity contribution is 5.95. The zero-order valence-electron chi connectivity index (χ0n) is 15.4. The number of rotatable bonds is 3. The molecule has 4 rings (SSSR count). The van der Waals surface area contributed by atoms with Gasteiger partial charge in [-0.1, -0.05) is 13.8 Å². The quantitative estimate of drug-likeness (QED) is 0.825. The minimum Gasteiger partial charge on any atom is -0.330 e. The summed E-state index contributed by atoms with van der Waals surface area (Å²) in [6.45, 7) is 4.93. The monoisotopic (exact) mass is 376 g/mol. The second-order valence-electron chi connectivity index (χ2n) is 7.81. The molecule has 6 nitrogen and oxygen atoms in total. The first-order valence-corrected chi connectivity index (χ1v) is 9.29. The molecule has 1 aromatic heterocycles. The van der Waals surface area contributed by atoms with E-state index >= 15 is 0 Å². The fourth-order valence-corrected chi connectivity index (χ4v) is 4.18. The fourth-order valence-electron chi connectivity index (χ4n) is 4.18. The summed E-state index contributed by atoms with van der Waals surface area (Å²) in [4.78, 5) is 27.3. The number of hydrogen-bond acceptors (Lipinski definition) is 3. The van der Waals surface area contributed by atoms with E-state index in [-0.39, 0.29) is 23.3 Å². The van der Waals surface area contributed by atoms with Crippen molar-refractivity contribution in [2.75, 3.05) is 0 Å². The molecule has 0 radical (unpaired) electrons. The minimum absolute atomic E-state index is 0.166. The fraction of sp³-hybridized carbons (Fsp3) is 0.526. The van der Waals surface area contributed by atoms with E-state index in [1.165, 1.54) is 4.68 Å². The number of aromatic nitrogens is 3. The van der Waals surface area contributed by atoms with E-state index < -0.39 is 17.5 Å². The lowest BCUT2D eigenvalue weighted by molar-refractivity contribution is 0.0659. The minimum atomic E-state index is -0.734. The van der Waals surface area contributed by atoms with Gasteiger partial charge >= 0.3 is 5.69 Å². The van der Waals surface area contributed by atoms with Gasteiger partial charge in [-0.05, 0) is 37.0 Å². The average Bonchev–Trinajstić information content (AvgIpc) is 3.05. The van der Waals surface area contributed by atoms with Gasteiger partial charge in [0.25, 0.3) is 5.91 Å². The van der Waals surface area contributed by atoms with Gasteiger partial charge in [-0.2, -0.15) is 5.10 Å². The third-order valence-corrected chi connectivity index (χ3v) is 5.36. The summed E-state index contributed by atoms with van der Waals surface area (Å²) < 4.78 is 30.8. The number of nitrogens with zero attached hydrogens (tertiary/aromatic N) is 4. The van der Waals surface area contributed by atoms with Crippen LogP contribution < -0.4 is 5.69 Å². The zero-order valence-corrected chi connectivity index (χ0v) is 15.4. The molecule has 2 bridgehead atoms. The first-order valence-electron chi connectivity index (χ1n) is 9.29. The molecule has 1 amide bonds. The lowest BCUT2D eigenvalue weighted by atomic mass is 10.1. The third kappa shape index (κ3) is 3.07. The number of carbonyl (C=O) groups excluding carboxylic acids is 1. The van der Waals surface area contributed by atoms with E-state index in [4.69, 9.17) is 0 Å². The molecule has 144 valence electrons. The summed E-state index contributed by atoms with van der Waals surface area (Å²) in [6, 6.07) is 2.52. The van der Waals surface area contributed by atoms with Crippen LogP contribution in [0.15, 0.2) is 23.0 Å². The number of benzene rings is 1. The van der Waals surface area contributed by atoms with E-state index in [0.29, 0.717) is 31.3 Å². The molecule has 2 aromatic rings. The molecule has 0 saturated carbocycles. The highest BCUT2D eigenvalue weighted by atomic mass is 19.1. The summed E-state index contributed by atoms with van der Waals surface area (Å²) in [5, 5.41) is 4.46. The maximum absolute atomic E-state index is 14.1. The summed E-state index contributed by atoms with van der Waals surface area (Å²) in [5.41, 5.74) is -0.431. The van der Waals surface area contributed by atoms with Crippen molar-refractivity contribution in [2.24, 2.45) is 5.92 Å². The van der Waals surface area contributed by atoms with Crippen LogP contribution in [0.1, 0.15) is 42.9 Å². The SMILES string of the molecule is CC(C)Cn1nc2n(c1=O)C[C@H]1CC[C@@H](C2)N1C(=O)c1cc(F)ccc1F. The Morgan fingerprint density at radius 3 is 2.74 bits per heavy atom. The Bertz CT molecular complexity index is 950. The van der Waals surface area contributed by atoms with Crippen LogP contribution >= 0.6 is 0 Å². The Hall–Kier alpha value is -2.51. The molecule has 8 heteroatoms. The van der Waals surface area contributed by atoms with Gasteiger partial charge in [0.15, 0.2) is 0 Å². The first-order chi connectivity index (χ1) is 12.8. The molecular formula is C19H22F2N4O2. The Labute approximate surface area is 155 Å². The van der Waals surface area contributed by atoms with Crippen molar-refractivity contribution in [3.8, 4) is 0 Å². The van der Waals surface area contributed by atoms with E-state index in [9.17, 15) is 18.4 Å². The Balaban J connectivity index is 1.66. The molecule has 1 fully saturated rings. The van der Waals surface area contributed by atoms with Crippen LogP contribution in [-0.2, 0) is 19.5 Å². The standard InChI is InChI=1S/C19H22F2N4O2/c1-11(2)9-24-19(27)23-10-14-5-4-13(8-17(23)22-24)25(14)18(26)15-7-12(20)3-6-16(15)21/h3,6-7,11,13-14H,4-5,8-10H2,1-2H3/t13-,14+/m0/s1. The summed E-state index contributed by atoms with van der Waals surface area (Å²) in [7, 11) is 0. The van der Waals surface area contributed by atoms with Crippen LogP contribution in [-0.4, -0.2) is 37.2 Å². The van der Waals surface area contributed by atoms with E-state index in [1.54, 1.807) is 9.47 Å². The summed E-state index contributed by atoms with van der Waals surface area (Å²) >= 11 is 0. The van der Waals surface area contributed by atoms with Gasteiger partial charge in [0.2, 0.25) is 0 Å². The second kappa shape index (κ2) is 6.58. The molecule has 0 spiro atoms. The van der Waals surface area contributed by atoms with E-state index in [0.717, 1.165) is 31.0 Å². The third-order valence-electron chi connectivity index (χ3n) is 5.36. The van der Waals surface area contributed by atoms with Crippen molar-refractivity contribution >= 4 is 5.91 Å². The van der Waals surface area contributed by atoms with Crippen molar-refractivity contribution < 1.29 is 13.6 Å².